The van der Waals surface area contributed by atoms with E-state index in [1.165, 1.54) is 36.8 Å². The third-order valence-corrected chi connectivity index (χ3v) is 5.17. The summed E-state index contributed by atoms with van der Waals surface area (Å²) in [4.78, 5) is 0. The topological polar surface area (TPSA) is 21.3 Å². The van der Waals surface area contributed by atoms with E-state index < -0.39 is 0 Å². The number of likely N-dealkylation sites (N-methyl/N-ethyl adjacent to an activating group) is 1. The van der Waals surface area contributed by atoms with E-state index in [4.69, 9.17) is 4.74 Å². The predicted octanol–water partition coefficient (Wildman–Crippen LogP) is 4.11. The van der Waals surface area contributed by atoms with Gasteiger partial charge in [-0.05, 0) is 57.1 Å². The van der Waals surface area contributed by atoms with Gasteiger partial charge in [0.15, 0.2) is 0 Å². The zero-order valence-electron chi connectivity index (χ0n) is 14.1. The molecule has 1 fully saturated rings. The molecule has 1 atom stereocenters. The first-order valence-electron chi connectivity index (χ1n) is 8.43. The minimum Gasteiger partial charge on any atom is -0.377 e. The fourth-order valence-electron chi connectivity index (χ4n) is 3.60. The van der Waals surface area contributed by atoms with Gasteiger partial charge in [-0.15, -0.1) is 0 Å². The summed E-state index contributed by atoms with van der Waals surface area (Å²) in [5, 5.41) is 3.70. The molecule has 1 saturated carbocycles. The third kappa shape index (κ3) is 4.08. The maximum absolute atomic E-state index is 6.08. The van der Waals surface area contributed by atoms with E-state index in [0.29, 0.717) is 6.04 Å². The van der Waals surface area contributed by atoms with Gasteiger partial charge in [0.2, 0.25) is 0 Å². The Kier molecular flexibility index (Phi) is 5.83. The SMILES string of the molecule is CCNC(Cc1ccc(C)cc1)C1(OC)CCC(C)CC1. The maximum atomic E-state index is 6.08. The maximum Gasteiger partial charge on any atom is 0.0834 e. The number of hydrogen-bond donors (Lipinski definition) is 1. The predicted molar refractivity (Wildman–Crippen MR) is 89.7 cm³/mol. The van der Waals surface area contributed by atoms with Crippen LogP contribution in [0.4, 0.5) is 0 Å². The lowest BCUT2D eigenvalue weighted by Gasteiger charge is -2.44. The molecule has 0 aliphatic heterocycles. The van der Waals surface area contributed by atoms with Crippen LogP contribution < -0.4 is 5.32 Å². The summed E-state index contributed by atoms with van der Waals surface area (Å²) >= 11 is 0. The van der Waals surface area contributed by atoms with Crippen molar-refractivity contribution < 1.29 is 4.74 Å². The van der Waals surface area contributed by atoms with Crippen LogP contribution in [-0.4, -0.2) is 25.3 Å². The van der Waals surface area contributed by atoms with E-state index in [1.807, 2.05) is 7.11 Å². The van der Waals surface area contributed by atoms with Crippen LogP contribution in [-0.2, 0) is 11.2 Å². The molecule has 1 aliphatic rings. The quantitative estimate of drug-likeness (QED) is 0.851. The van der Waals surface area contributed by atoms with Crippen LogP contribution in [0.15, 0.2) is 24.3 Å². The Morgan fingerprint density at radius 3 is 2.38 bits per heavy atom. The Morgan fingerprint density at radius 1 is 1.24 bits per heavy atom. The number of benzene rings is 1. The van der Waals surface area contributed by atoms with E-state index in [2.05, 4.69) is 50.4 Å². The Labute approximate surface area is 130 Å². The molecule has 0 heterocycles. The second-order valence-corrected chi connectivity index (χ2v) is 6.75. The number of aryl methyl sites for hydroxylation is 1. The fourth-order valence-corrected chi connectivity index (χ4v) is 3.60. The molecule has 1 aliphatic carbocycles. The summed E-state index contributed by atoms with van der Waals surface area (Å²) in [7, 11) is 1.90. The van der Waals surface area contributed by atoms with Crippen molar-refractivity contribution in [3.8, 4) is 0 Å². The second-order valence-electron chi connectivity index (χ2n) is 6.75. The Hall–Kier alpha value is -0.860. The summed E-state index contributed by atoms with van der Waals surface area (Å²) in [6.45, 7) is 7.70. The molecule has 2 heteroatoms. The average molecular weight is 289 g/mol. The van der Waals surface area contributed by atoms with Crippen LogP contribution in [0.5, 0.6) is 0 Å². The van der Waals surface area contributed by atoms with Crippen molar-refractivity contribution in [1.29, 1.82) is 0 Å². The number of nitrogens with one attached hydrogen (secondary N) is 1. The Balaban J connectivity index is 2.14. The molecule has 0 amide bonds. The summed E-state index contributed by atoms with van der Waals surface area (Å²) in [5.41, 5.74) is 2.74. The number of ether oxygens (including phenoxy) is 1. The van der Waals surface area contributed by atoms with Crippen molar-refractivity contribution >= 4 is 0 Å². The van der Waals surface area contributed by atoms with Crippen LogP contribution in [0.25, 0.3) is 0 Å². The van der Waals surface area contributed by atoms with Gasteiger partial charge in [-0.2, -0.15) is 0 Å². The number of hydrogen-bond acceptors (Lipinski definition) is 2. The lowest BCUT2D eigenvalue weighted by atomic mass is 9.73. The lowest BCUT2D eigenvalue weighted by Crippen LogP contribution is -2.55. The monoisotopic (exact) mass is 289 g/mol. The van der Waals surface area contributed by atoms with Crippen LogP contribution in [0.1, 0.15) is 50.7 Å². The van der Waals surface area contributed by atoms with Crippen LogP contribution in [0.2, 0.25) is 0 Å². The highest BCUT2D eigenvalue weighted by atomic mass is 16.5. The standard InChI is InChI=1S/C19H31NO/c1-5-20-18(14-17-8-6-15(2)7-9-17)19(21-4)12-10-16(3)11-13-19/h6-9,16,18,20H,5,10-14H2,1-4H3. The normalized spacial score (nSPS) is 27.5. The lowest BCUT2D eigenvalue weighted by molar-refractivity contribution is -0.0742. The van der Waals surface area contributed by atoms with Crippen LogP contribution >= 0.6 is 0 Å². The molecular formula is C19H31NO. The van der Waals surface area contributed by atoms with Gasteiger partial charge in [0.25, 0.3) is 0 Å². The summed E-state index contributed by atoms with van der Waals surface area (Å²) < 4.78 is 6.08. The molecule has 2 rings (SSSR count). The minimum absolute atomic E-state index is 0.00735. The molecule has 0 bridgehead atoms. The Bertz CT molecular complexity index is 418. The van der Waals surface area contributed by atoms with Crippen molar-refractivity contribution in [2.45, 2.75) is 64.5 Å². The average Bonchev–Trinajstić information content (AvgIpc) is 2.50. The summed E-state index contributed by atoms with van der Waals surface area (Å²) in [5.74, 6) is 0.843. The molecule has 118 valence electrons. The highest BCUT2D eigenvalue weighted by molar-refractivity contribution is 5.23. The van der Waals surface area contributed by atoms with Crippen molar-refractivity contribution in [2.75, 3.05) is 13.7 Å². The zero-order valence-corrected chi connectivity index (χ0v) is 14.1. The zero-order chi connectivity index (χ0) is 15.3. The van der Waals surface area contributed by atoms with Crippen molar-refractivity contribution in [2.24, 2.45) is 5.92 Å². The molecule has 1 aromatic rings. The largest absolute Gasteiger partial charge is 0.377 e. The van der Waals surface area contributed by atoms with Crippen molar-refractivity contribution in [3.63, 3.8) is 0 Å². The van der Waals surface area contributed by atoms with Gasteiger partial charge in [-0.1, -0.05) is 43.7 Å². The molecule has 0 spiro atoms. The first kappa shape index (κ1) is 16.5. The Morgan fingerprint density at radius 2 is 1.86 bits per heavy atom. The van der Waals surface area contributed by atoms with E-state index in [1.54, 1.807) is 0 Å². The highest BCUT2D eigenvalue weighted by Crippen LogP contribution is 2.37. The van der Waals surface area contributed by atoms with E-state index >= 15 is 0 Å². The smallest absolute Gasteiger partial charge is 0.0834 e. The van der Waals surface area contributed by atoms with Crippen molar-refractivity contribution in [1.82, 2.24) is 5.32 Å². The van der Waals surface area contributed by atoms with E-state index in [-0.39, 0.29) is 5.60 Å². The molecule has 0 radical (unpaired) electrons. The second kappa shape index (κ2) is 7.42. The first-order valence-corrected chi connectivity index (χ1v) is 8.43. The van der Waals surface area contributed by atoms with Gasteiger partial charge in [0.05, 0.1) is 5.60 Å². The first-order chi connectivity index (χ1) is 10.1. The molecule has 2 nitrogen and oxygen atoms in total. The molecule has 1 aromatic carbocycles. The van der Waals surface area contributed by atoms with Crippen molar-refractivity contribution in [3.05, 3.63) is 35.4 Å². The molecule has 1 unspecified atom stereocenters. The molecule has 0 aromatic heterocycles. The summed E-state index contributed by atoms with van der Waals surface area (Å²) in [6, 6.07) is 9.34. The van der Waals surface area contributed by atoms with Crippen LogP contribution in [0.3, 0.4) is 0 Å². The van der Waals surface area contributed by atoms with Gasteiger partial charge in [-0.3, -0.25) is 0 Å². The highest BCUT2D eigenvalue weighted by Gasteiger charge is 2.41. The van der Waals surface area contributed by atoms with Gasteiger partial charge >= 0.3 is 0 Å². The van der Waals surface area contributed by atoms with E-state index in [9.17, 15) is 0 Å². The van der Waals surface area contributed by atoms with Gasteiger partial charge in [-0.25, -0.2) is 0 Å². The minimum atomic E-state index is 0.00735. The number of rotatable bonds is 6. The molecule has 21 heavy (non-hydrogen) atoms. The van der Waals surface area contributed by atoms with Gasteiger partial charge in [0, 0.05) is 13.2 Å². The van der Waals surface area contributed by atoms with Gasteiger partial charge < -0.3 is 10.1 Å². The third-order valence-electron chi connectivity index (χ3n) is 5.17. The molecule has 0 saturated heterocycles. The van der Waals surface area contributed by atoms with E-state index in [0.717, 1.165) is 18.9 Å². The summed E-state index contributed by atoms with van der Waals surface area (Å²) in [6.07, 6.45) is 5.96. The van der Waals surface area contributed by atoms with Crippen LogP contribution in [0, 0.1) is 12.8 Å². The number of methoxy groups -OCH3 is 1. The fraction of sp³-hybridized carbons (Fsp3) is 0.684. The van der Waals surface area contributed by atoms with Gasteiger partial charge in [0.1, 0.15) is 0 Å². The molecule has 1 N–H and O–H groups in total. The molecular weight excluding hydrogens is 258 g/mol.